The third-order valence-corrected chi connectivity index (χ3v) is 6.61. The first-order chi connectivity index (χ1) is 14.2. The number of hydrogen-bond acceptors (Lipinski definition) is 5. The molecule has 0 saturated heterocycles. The van der Waals surface area contributed by atoms with Crippen molar-refractivity contribution in [2.75, 3.05) is 19.6 Å². The van der Waals surface area contributed by atoms with Crippen molar-refractivity contribution in [2.24, 2.45) is 11.7 Å². The van der Waals surface area contributed by atoms with E-state index < -0.39 is 28.3 Å². The predicted octanol–water partition coefficient (Wildman–Crippen LogP) is 1.51. The van der Waals surface area contributed by atoms with Crippen molar-refractivity contribution in [2.45, 2.75) is 30.4 Å². The van der Waals surface area contributed by atoms with E-state index in [1.54, 1.807) is 18.2 Å². The molecule has 30 heavy (non-hydrogen) atoms. The number of nitrogens with zero attached hydrogens (tertiary/aromatic N) is 1. The number of benzene rings is 2. The molecule has 0 radical (unpaired) electrons. The molecule has 1 unspecified atom stereocenters. The van der Waals surface area contributed by atoms with Gasteiger partial charge in [-0.25, -0.2) is 13.2 Å². The van der Waals surface area contributed by atoms with E-state index in [2.05, 4.69) is 5.32 Å². The Morgan fingerprint density at radius 3 is 2.17 bits per heavy atom. The molecule has 0 fully saturated rings. The van der Waals surface area contributed by atoms with Crippen molar-refractivity contribution in [1.29, 1.82) is 0 Å². The number of aliphatic hydroxyl groups is 1. The Balaban J connectivity index is 2.27. The topological polar surface area (TPSA) is 133 Å². The maximum atomic E-state index is 13.2. The van der Waals surface area contributed by atoms with E-state index in [9.17, 15) is 23.4 Å². The number of nitrogens with one attached hydrogen (secondary N) is 1. The van der Waals surface area contributed by atoms with Crippen LogP contribution in [0.2, 0.25) is 0 Å². The second-order valence-corrected chi connectivity index (χ2v) is 9.23. The van der Waals surface area contributed by atoms with E-state index in [1.807, 2.05) is 37.3 Å². The summed E-state index contributed by atoms with van der Waals surface area (Å²) in [5.74, 6) is -0.143. The molecule has 0 aromatic heterocycles. The molecule has 3 atom stereocenters. The lowest BCUT2D eigenvalue weighted by Crippen LogP contribution is -2.51. The summed E-state index contributed by atoms with van der Waals surface area (Å²) in [5, 5.41) is 22.3. The van der Waals surface area contributed by atoms with Crippen LogP contribution in [0.5, 0.6) is 0 Å². The minimum absolute atomic E-state index is 0.104. The standard InChI is InChI=1S/C21H29N3O5S/c1-16(13-22)14-24(30(28,29)18-10-6-3-7-11-18)15-20(25)19(23-21(26)27)12-17-8-4-2-5-9-17/h2-11,16,19-20,23,25H,12-15,22H2,1H3,(H,26,27)/t16?,19-,20+/m0/s1. The van der Waals surface area contributed by atoms with Crippen LogP contribution in [0.4, 0.5) is 4.79 Å². The molecule has 2 aromatic rings. The van der Waals surface area contributed by atoms with Crippen LogP contribution < -0.4 is 11.1 Å². The molecule has 164 valence electrons. The Kier molecular flexibility index (Phi) is 8.79. The van der Waals surface area contributed by atoms with Gasteiger partial charge >= 0.3 is 6.09 Å². The third kappa shape index (κ3) is 6.81. The summed E-state index contributed by atoms with van der Waals surface area (Å²) >= 11 is 0. The van der Waals surface area contributed by atoms with Crippen LogP contribution in [0.15, 0.2) is 65.6 Å². The summed E-state index contributed by atoms with van der Waals surface area (Å²) in [7, 11) is -3.89. The third-order valence-electron chi connectivity index (χ3n) is 4.76. The quantitative estimate of drug-likeness (QED) is 0.423. The molecule has 8 nitrogen and oxygen atoms in total. The van der Waals surface area contributed by atoms with Crippen LogP contribution in [0.3, 0.4) is 0 Å². The number of sulfonamides is 1. The lowest BCUT2D eigenvalue weighted by molar-refractivity contribution is 0.0977. The zero-order chi connectivity index (χ0) is 22.1. The van der Waals surface area contributed by atoms with Crippen molar-refractivity contribution >= 4 is 16.1 Å². The van der Waals surface area contributed by atoms with Crippen molar-refractivity contribution < 1.29 is 23.4 Å². The summed E-state index contributed by atoms with van der Waals surface area (Å²) in [4.78, 5) is 11.4. The molecule has 1 amide bonds. The molecule has 9 heteroatoms. The fraction of sp³-hybridized carbons (Fsp3) is 0.381. The molecule has 0 aliphatic heterocycles. The first-order valence-electron chi connectivity index (χ1n) is 9.70. The molecule has 0 aliphatic carbocycles. The van der Waals surface area contributed by atoms with Crippen LogP contribution in [0.25, 0.3) is 0 Å². The number of hydrogen-bond donors (Lipinski definition) is 4. The van der Waals surface area contributed by atoms with Crippen LogP contribution >= 0.6 is 0 Å². The molecule has 2 rings (SSSR count). The largest absolute Gasteiger partial charge is 0.465 e. The molecule has 0 spiro atoms. The highest BCUT2D eigenvalue weighted by Crippen LogP contribution is 2.18. The Bertz CT molecular complexity index is 893. The molecule has 0 saturated carbocycles. The highest BCUT2D eigenvalue weighted by atomic mass is 32.2. The Morgan fingerprint density at radius 1 is 1.07 bits per heavy atom. The molecule has 0 bridgehead atoms. The summed E-state index contributed by atoms with van der Waals surface area (Å²) < 4.78 is 27.5. The summed E-state index contributed by atoms with van der Waals surface area (Å²) in [6, 6.07) is 16.1. The molecule has 5 N–H and O–H groups in total. The zero-order valence-electron chi connectivity index (χ0n) is 16.9. The van der Waals surface area contributed by atoms with Gasteiger partial charge in [0.1, 0.15) is 0 Å². The average molecular weight is 436 g/mol. The SMILES string of the molecule is CC(CN)CN(C[C@@H](O)[C@H](Cc1ccccc1)NC(=O)O)S(=O)(=O)c1ccccc1. The Labute approximate surface area is 177 Å². The number of carbonyl (C=O) groups is 1. The number of aliphatic hydroxyl groups excluding tert-OH is 1. The summed E-state index contributed by atoms with van der Waals surface area (Å²) in [6.07, 6.45) is -2.33. The van der Waals surface area contributed by atoms with E-state index in [0.29, 0.717) is 0 Å². The second kappa shape index (κ2) is 11.1. The highest BCUT2D eigenvalue weighted by Gasteiger charge is 2.31. The van der Waals surface area contributed by atoms with Gasteiger partial charge in [-0.05, 0) is 36.6 Å². The van der Waals surface area contributed by atoms with E-state index in [4.69, 9.17) is 5.73 Å². The van der Waals surface area contributed by atoms with E-state index in [-0.39, 0.29) is 36.9 Å². The van der Waals surface area contributed by atoms with Crippen LogP contribution in [0.1, 0.15) is 12.5 Å². The lowest BCUT2D eigenvalue weighted by Gasteiger charge is -2.30. The van der Waals surface area contributed by atoms with Crippen molar-refractivity contribution in [1.82, 2.24) is 9.62 Å². The monoisotopic (exact) mass is 435 g/mol. The van der Waals surface area contributed by atoms with Gasteiger partial charge in [0.25, 0.3) is 0 Å². The van der Waals surface area contributed by atoms with Gasteiger partial charge in [0.05, 0.1) is 17.0 Å². The predicted molar refractivity (Wildman–Crippen MR) is 115 cm³/mol. The normalized spacial score (nSPS) is 14.8. The fourth-order valence-electron chi connectivity index (χ4n) is 3.08. The minimum atomic E-state index is -3.89. The molecular weight excluding hydrogens is 406 g/mol. The zero-order valence-corrected chi connectivity index (χ0v) is 17.7. The molecule has 0 heterocycles. The van der Waals surface area contributed by atoms with Crippen LogP contribution in [-0.2, 0) is 16.4 Å². The van der Waals surface area contributed by atoms with Crippen molar-refractivity contribution in [3.05, 3.63) is 66.2 Å². The van der Waals surface area contributed by atoms with Gasteiger partial charge in [-0.15, -0.1) is 0 Å². The smallest absolute Gasteiger partial charge is 0.404 e. The van der Waals surface area contributed by atoms with E-state index >= 15 is 0 Å². The van der Waals surface area contributed by atoms with Crippen LogP contribution in [-0.4, -0.2) is 60.8 Å². The van der Waals surface area contributed by atoms with E-state index in [1.165, 1.54) is 16.4 Å². The maximum absolute atomic E-state index is 13.2. The van der Waals surface area contributed by atoms with Gasteiger partial charge in [0.15, 0.2) is 0 Å². The second-order valence-electron chi connectivity index (χ2n) is 7.29. The number of amides is 1. The van der Waals surface area contributed by atoms with Gasteiger partial charge in [-0.3, -0.25) is 0 Å². The van der Waals surface area contributed by atoms with Gasteiger partial charge in [0, 0.05) is 13.1 Å². The summed E-state index contributed by atoms with van der Waals surface area (Å²) in [6.45, 7) is 1.93. The summed E-state index contributed by atoms with van der Waals surface area (Å²) in [5.41, 5.74) is 6.51. The number of carboxylic acid groups (broad SMARTS) is 1. The van der Waals surface area contributed by atoms with Crippen molar-refractivity contribution in [3.8, 4) is 0 Å². The fourth-order valence-corrected chi connectivity index (χ4v) is 4.68. The highest BCUT2D eigenvalue weighted by molar-refractivity contribution is 7.89. The minimum Gasteiger partial charge on any atom is -0.465 e. The Hall–Kier alpha value is -2.46. The van der Waals surface area contributed by atoms with Crippen molar-refractivity contribution in [3.63, 3.8) is 0 Å². The molecule has 0 aliphatic rings. The first-order valence-corrected chi connectivity index (χ1v) is 11.1. The van der Waals surface area contributed by atoms with Gasteiger partial charge in [0.2, 0.25) is 10.0 Å². The first kappa shape index (κ1) is 23.8. The van der Waals surface area contributed by atoms with Gasteiger partial charge in [-0.1, -0.05) is 55.5 Å². The molecular formula is C21H29N3O5S. The number of rotatable bonds is 11. The molecule has 2 aromatic carbocycles. The van der Waals surface area contributed by atoms with Crippen LogP contribution in [0, 0.1) is 5.92 Å². The lowest BCUT2D eigenvalue weighted by atomic mass is 10.0. The van der Waals surface area contributed by atoms with E-state index in [0.717, 1.165) is 5.56 Å². The average Bonchev–Trinajstić information content (AvgIpc) is 2.73. The van der Waals surface area contributed by atoms with Gasteiger partial charge < -0.3 is 21.3 Å². The van der Waals surface area contributed by atoms with Gasteiger partial charge in [-0.2, -0.15) is 4.31 Å². The maximum Gasteiger partial charge on any atom is 0.404 e. The Morgan fingerprint density at radius 2 is 1.63 bits per heavy atom. The number of nitrogens with two attached hydrogens (primary N) is 1.